The van der Waals surface area contributed by atoms with E-state index in [9.17, 15) is 4.79 Å². The maximum atomic E-state index is 12.7. The normalized spacial score (nSPS) is 11.2. The molecule has 5 rings (SSSR count). The van der Waals surface area contributed by atoms with Gasteiger partial charge in [-0.1, -0.05) is 36.4 Å². The Morgan fingerprint density at radius 1 is 1.03 bits per heavy atom. The number of benzene rings is 3. The summed E-state index contributed by atoms with van der Waals surface area (Å²) in [7, 11) is 0. The predicted octanol–water partition coefficient (Wildman–Crippen LogP) is 4.76. The van der Waals surface area contributed by atoms with E-state index in [-0.39, 0.29) is 5.91 Å². The number of fused-ring (bicyclic) bond motifs is 2. The maximum Gasteiger partial charge on any atom is 0.251 e. The van der Waals surface area contributed by atoms with E-state index in [2.05, 4.69) is 31.5 Å². The molecule has 5 aromatic rings. The first-order valence-corrected chi connectivity index (χ1v) is 10.8. The standard InChI is InChI=1S/C23H19N5OS/c1-30-20-9-5-2-6-15(20)13-24-23(29)14-10-11-18-19(12-14)26-22(25-18)21-16-7-3-4-8-17(16)27-28-21/h2-12H,13H2,1H3,(H,24,29)(H,25,26)(H,27,28). The smallest absolute Gasteiger partial charge is 0.251 e. The Morgan fingerprint density at radius 3 is 2.77 bits per heavy atom. The number of thioether (sulfide) groups is 1. The molecule has 3 N–H and O–H groups in total. The second kappa shape index (κ2) is 7.68. The summed E-state index contributed by atoms with van der Waals surface area (Å²) in [5.41, 5.74) is 5.00. The number of nitrogens with zero attached hydrogens (tertiary/aromatic N) is 2. The first kappa shape index (κ1) is 18.4. The highest BCUT2D eigenvalue weighted by Crippen LogP contribution is 2.26. The summed E-state index contributed by atoms with van der Waals surface area (Å²) in [6.45, 7) is 0.485. The van der Waals surface area contributed by atoms with Gasteiger partial charge in [0.15, 0.2) is 5.82 Å². The summed E-state index contributed by atoms with van der Waals surface area (Å²) in [5.74, 6) is 0.552. The van der Waals surface area contributed by atoms with E-state index in [4.69, 9.17) is 0 Å². The van der Waals surface area contributed by atoms with Gasteiger partial charge in [-0.15, -0.1) is 11.8 Å². The highest BCUT2D eigenvalue weighted by Gasteiger charge is 2.14. The second-order valence-corrected chi connectivity index (χ2v) is 7.78. The summed E-state index contributed by atoms with van der Waals surface area (Å²) in [6, 6.07) is 21.5. The SMILES string of the molecule is CSc1ccccc1CNC(=O)c1ccc2[nH]c(-c3n[nH]c4ccccc34)nc2c1. The van der Waals surface area contributed by atoms with Crippen LogP contribution in [0.5, 0.6) is 0 Å². The Bertz CT molecular complexity index is 1370. The molecule has 0 radical (unpaired) electrons. The van der Waals surface area contributed by atoms with Crippen LogP contribution in [0, 0.1) is 0 Å². The molecule has 0 unspecified atom stereocenters. The molecule has 0 atom stereocenters. The quantitative estimate of drug-likeness (QED) is 0.363. The molecular formula is C23H19N5OS. The van der Waals surface area contributed by atoms with Crippen LogP contribution in [-0.2, 0) is 6.54 Å². The van der Waals surface area contributed by atoms with Crippen LogP contribution in [0.1, 0.15) is 15.9 Å². The molecule has 148 valence electrons. The summed E-state index contributed by atoms with van der Waals surface area (Å²) in [6.07, 6.45) is 2.03. The minimum absolute atomic E-state index is 0.123. The molecular weight excluding hydrogens is 394 g/mol. The minimum atomic E-state index is -0.123. The minimum Gasteiger partial charge on any atom is -0.348 e. The van der Waals surface area contributed by atoms with Crippen LogP contribution in [0.3, 0.4) is 0 Å². The van der Waals surface area contributed by atoms with E-state index in [0.29, 0.717) is 17.9 Å². The van der Waals surface area contributed by atoms with Crippen molar-refractivity contribution in [3.8, 4) is 11.5 Å². The Hall–Kier alpha value is -3.58. The van der Waals surface area contributed by atoms with Crippen LogP contribution in [-0.4, -0.2) is 32.3 Å². The molecule has 3 aromatic carbocycles. The molecule has 2 heterocycles. The van der Waals surface area contributed by atoms with Gasteiger partial charge in [0.2, 0.25) is 0 Å². The molecule has 7 heteroatoms. The highest BCUT2D eigenvalue weighted by molar-refractivity contribution is 7.98. The molecule has 0 fully saturated rings. The molecule has 30 heavy (non-hydrogen) atoms. The zero-order chi connectivity index (χ0) is 20.5. The number of hydrogen-bond donors (Lipinski definition) is 3. The van der Waals surface area contributed by atoms with Crippen molar-refractivity contribution in [1.29, 1.82) is 0 Å². The van der Waals surface area contributed by atoms with Crippen molar-refractivity contribution in [3.63, 3.8) is 0 Å². The third-order valence-electron chi connectivity index (χ3n) is 5.07. The zero-order valence-corrected chi connectivity index (χ0v) is 17.1. The van der Waals surface area contributed by atoms with Gasteiger partial charge in [0, 0.05) is 22.4 Å². The van der Waals surface area contributed by atoms with Crippen LogP contribution >= 0.6 is 11.8 Å². The van der Waals surface area contributed by atoms with E-state index < -0.39 is 0 Å². The fourth-order valence-corrected chi connectivity index (χ4v) is 4.15. The third kappa shape index (κ3) is 3.33. The van der Waals surface area contributed by atoms with Crippen molar-refractivity contribution in [2.75, 3.05) is 6.26 Å². The lowest BCUT2D eigenvalue weighted by atomic mass is 10.1. The van der Waals surface area contributed by atoms with E-state index in [0.717, 1.165) is 38.1 Å². The van der Waals surface area contributed by atoms with Crippen LogP contribution in [0.4, 0.5) is 0 Å². The second-order valence-electron chi connectivity index (χ2n) is 6.93. The average Bonchev–Trinajstić information content (AvgIpc) is 3.40. The Balaban J connectivity index is 1.40. The lowest BCUT2D eigenvalue weighted by Crippen LogP contribution is -2.23. The van der Waals surface area contributed by atoms with E-state index in [1.54, 1.807) is 17.8 Å². The van der Waals surface area contributed by atoms with Crippen molar-refractivity contribution in [1.82, 2.24) is 25.5 Å². The Labute approximate surface area is 177 Å². The van der Waals surface area contributed by atoms with Crippen LogP contribution in [0.15, 0.2) is 71.6 Å². The fraction of sp³-hybridized carbons (Fsp3) is 0.0870. The number of aromatic nitrogens is 4. The molecule has 0 aliphatic carbocycles. The van der Waals surface area contributed by atoms with Gasteiger partial charge in [-0.2, -0.15) is 5.10 Å². The molecule has 2 aromatic heterocycles. The van der Waals surface area contributed by atoms with Gasteiger partial charge in [-0.05, 0) is 42.2 Å². The average molecular weight is 414 g/mol. The van der Waals surface area contributed by atoms with Crippen LogP contribution < -0.4 is 5.32 Å². The Kier molecular flexibility index (Phi) is 4.72. The zero-order valence-electron chi connectivity index (χ0n) is 16.3. The van der Waals surface area contributed by atoms with Crippen molar-refractivity contribution in [2.24, 2.45) is 0 Å². The predicted molar refractivity (Wildman–Crippen MR) is 121 cm³/mol. The monoisotopic (exact) mass is 413 g/mol. The van der Waals surface area contributed by atoms with Gasteiger partial charge in [-0.3, -0.25) is 9.89 Å². The lowest BCUT2D eigenvalue weighted by Gasteiger charge is -2.09. The van der Waals surface area contributed by atoms with Gasteiger partial charge in [0.1, 0.15) is 5.69 Å². The number of imidazole rings is 1. The van der Waals surface area contributed by atoms with E-state index in [1.165, 1.54) is 0 Å². The van der Waals surface area contributed by atoms with Gasteiger partial charge in [0.05, 0.1) is 16.6 Å². The van der Waals surface area contributed by atoms with Crippen molar-refractivity contribution >= 4 is 39.6 Å². The van der Waals surface area contributed by atoms with Crippen LogP contribution in [0.2, 0.25) is 0 Å². The van der Waals surface area contributed by atoms with Crippen molar-refractivity contribution < 1.29 is 4.79 Å². The largest absolute Gasteiger partial charge is 0.348 e. The molecule has 0 bridgehead atoms. The van der Waals surface area contributed by atoms with Gasteiger partial charge in [-0.25, -0.2) is 4.98 Å². The molecule has 0 spiro atoms. The number of nitrogens with one attached hydrogen (secondary N) is 3. The lowest BCUT2D eigenvalue weighted by molar-refractivity contribution is 0.0950. The van der Waals surface area contributed by atoms with Crippen molar-refractivity contribution in [3.05, 3.63) is 77.9 Å². The summed E-state index contributed by atoms with van der Waals surface area (Å²) >= 11 is 1.67. The van der Waals surface area contributed by atoms with E-state index >= 15 is 0 Å². The molecule has 1 amide bonds. The number of aromatic amines is 2. The number of amides is 1. The molecule has 0 aliphatic heterocycles. The fourth-order valence-electron chi connectivity index (χ4n) is 3.53. The molecule has 0 aliphatic rings. The molecule has 6 nitrogen and oxygen atoms in total. The summed E-state index contributed by atoms with van der Waals surface area (Å²) in [4.78, 5) is 21.8. The topological polar surface area (TPSA) is 86.5 Å². The Morgan fingerprint density at radius 2 is 1.87 bits per heavy atom. The summed E-state index contributed by atoms with van der Waals surface area (Å²) in [5, 5.41) is 11.4. The number of para-hydroxylation sites is 1. The number of carbonyl (C=O) groups excluding carboxylic acids is 1. The maximum absolute atomic E-state index is 12.7. The molecule has 0 saturated heterocycles. The van der Waals surface area contributed by atoms with Gasteiger partial charge >= 0.3 is 0 Å². The van der Waals surface area contributed by atoms with Gasteiger partial charge in [0.25, 0.3) is 5.91 Å². The third-order valence-corrected chi connectivity index (χ3v) is 5.91. The number of carbonyl (C=O) groups is 1. The van der Waals surface area contributed by atoms with E-state index in [1.807, 2.05) is 60.9 Å². The van der Waals surface area contributed by atoms with Crippen molar-refractivity contribution in [2.45, 2.75) is 11.4 Å². The number of H-pyrrole nitrogens is 2. The summed E-state index contributed by atoms with van der Waals surface area (Å²) < 4.78 is 0. The van der Waals surface area contributed by atoms with Crippen LogP contribution in [0.25, 0.3) is 33.5 Å². The highest BCUT2D eigenvalue weighted by atomic mass is 32.2. The van der Waals surface area contributed by atoms with Gasteiger partial charge < -0.3 is 10.3 Å². The first-order chi connectivity index (χ1) is 14.7. The molecule has 0 saturated carbocycles. The number of rotatable bonds is 5. The number of hydrogen-bond acceptors (Lipinski definition) is 4. The first-order valence-electron chi connectivity index (χ1n) is 9.56.